The van der Waals surface area contributed by atoms with Crippen molar-refractivity contribution < 1.29 is 9.59 Å². The normalized spacial score (nSPS) is 10.6. The molecule has 0 atom stereocenters. The Balaban J connectivity index is 1.90. The Morgan fingerprint density at radius 3 is 2.23 bits per heavy atom. The second-order valence-electron chi connectivity index (χ2n) is 5.04. The highest BCUT2D eigenvalue weighted by Gasteiger charge is 2.17. The van der Waals surface area contributed by atoms with Crippen molar-refractivity contribution in [2.24, 2.45) is 0 Å². The maximum atomic E-state index is 12.4. The van der Waals surface area contributed by atoms with Gasteiger partial charge in [0.05, 0.1) is 6.42 Å². The minimum atomic E-state index is -0.175. The van der Waals surface area contributed by atoms with Crippen molar-refractivity contribution in [1.29, 1.82) is 0 Å². The Hall–Kier alpha value is -2.26. The van der Waals surface area contributed by atoms with Crippen LogP contribution in [-0.4, -0.2) is 11.6 Å². The van der Waals surface area contributed by atoms with Gasteiger partial charge in [-0.2, -0.15) is 0 Å². The molecule has 0 spiro atoms. The number of fused-ring (bicyclic) bond motifs is 1. The fraction of sp³-hybridized carbons (Fsp3) is 0.0526. The number of carbonyl (C=O) groups is 2. The van der Waals surface area contributed by atoms with E-state index in [0.29, 0.717) is 11.1 Å². The molecule has 0 aliphatic rings. The third kappa shape index (κ3) is 2.85. The largest absolute Gasteiger partial charge is 0.294 e. The molecule has 108 valence electrons. The number of hydrogen-bond donors (Lipinski definition) is 0. The van der Waals surface area contributed by atoms with E-state index in [1.54, 1.807) is 30.3 Å². The molecule has 0 bridgehead atoms. The van der Waals surface area contributed by atoms with Crippen molar-refractivity contribution in [1.82, 2.24) is 0 Å². The number of benzene rings is 3. The van der Waals surface area contributed by atoms with E-state index >= 15 is 0 Å². The van der Waals surface area contributed by atoms with Gasteiger partial charge in [-0.25, -0.2) is 0 Å². The van der Waals surface area contributed by atoms with Crippen LogP contribution in [0.15, 0.2) is 71.2 Å². The van der Waals surface area contributed by atoms with Gasteiger partial charge in [-0.05, 0) is 32.8 Å². The molecule has 22 heavy (non-hydrogen) atoms. The van der Waals surface area contributed by atoms with Gasteiger partial charge in [0.25, 0.3) is 0 Å². The van der Waals surface area contributed by atoms with Crippen LogP contribution >= 0.6 is 15.9 Å². The highest BCUT2D eigenvalue weighted by atomic mass is 79.9. The van der Waals surface area contributed by atoms with E-state index in [9.17, 15) is 9.59 Å². The van der Waals surface area contributed by atoms with Gasteiger partial charge in [0, 0.05) is 15.6 Å². The Morgan fingerprint density at radius 2 is 1.45 bits per heavy atom. The molecule has 0 heterocycles. The maximum absolute atomic E-state index is 12.4. The van der Waals surface area contributed by atoms with E-state index in [2.05, 4.69) is 15.9 Å². The number of rotatable bonds is 4. The first-order valence-electron chi connectivity index (χ1n) is 6.95. The summed E-state index contributed by atoms with van der Waals surface area (Å²) < 4.78 is 0.747. The maximum Gasteiger partial charge on any atom is 0.171 e. The van der Waals surface area contributed by atoms with Crippen LogP contribution in [0.5, 0.6) is 0 Å². The molecule has 3 aromatic carbocycles. The van der Waals surface area contributed by atoms with E-state index in [1.165, 1.54) is 0 Å². The molecule has 0 saturated heterocycles. The van der Waals surface area contributed by atoms with Crippen LogP contribution in [0.25, 0.3) is 10.8 Å². The minimum absolute atomic E-state index is 0.124. The smallest absolute Gasteiger partial charge is 0.171 e. The summed E-state index contributed by atoms with van der Waals surface area (Å²) in [5.41, 5.74) is 1.11. The molecular weight excluding hydrogens is 340 g/mol. The van der Waals surface area contributed by atoms with Gasteiger partial charge in [-0.1, -0.05) is 60.7 Å². The summed E-state index contributed by atoms with van der Waals surface area (Å²) >= 11 is 3.50. The van der Waals surface area contributed by atoms with Gasteiger partial charge in [-0.15, -0.1) is 0 Å². The lowest BCUT2D eigenvalue weighted by Gasteiger charge is -2.07. The summed E-state index contributed by atoms with van der Waals surface area (Å²) in [7, 11) is 0. The van der Waals surface area contributed by atoms with Crippen LogP contribution in [-0.2, 0) is 0 Å². The second kappa shape index (κ2) is 6.24. The lowest BCUT2D eigenvalue weighted by atomic mass is 9.99. The molecule has 0 fully saturated rings. The molecule has 3 aromatic rings. The molecule has 0 aliphatic carbocycles. The number of Topliss-reactive ketones (excluding diaryl/α,β-unsaturated/α-hetero) is 2. The molecule has 3 rings (SSSR count). The lowest BCUT2D eigenvalue weighted by Crippen LogP contribution is -2.09. The molecule has 0 amide bonds. The van der Waals surface area contributed by atoms with Gasteiger partial charge in [0.1, 0.15) is 0 Å². The third-order valence-electron chi connectivity index (χ3n) is 3.58. The second-order valence-corrected chi connectivity index (χ2v) is 5.83. The SMILES string of the molecule is O=C(CC(=O)c1ccc2ccccc2c1Br)c1ccccc1. The van der Waals surface area contributed by atoms with Gasteiger partial charge < -0.3 is 0 Å². The number of hydrogen-bond acceptors (Lipinski definition) is 2. The molecule has 0 aliphatic heterocycles. The molecule has 3 heteroatoms. The van der Waals surface area contributed by atoms with Crippen LogP contribution in [0.4, 0.5) is 0 Å². The molecule has 0 saturated carbocycles. The summed E-state index contributed by atoms with van der Waals surface area (Å²) in [4.78, 5) is 24.6. The van der Waals surface area contributed by atoms with Crippen molar-refractivity contribution in [2.45, 2.75) is 6.42 Å². The van der Waals surface area contributed by atoms with Crippen LogP contribution in [0, 0.1) is 0 Å². The zero-order valence-corrected chi connectivity index (χ0v) is 13.3. The quantitative estimate of drug-likeness (QED) is 0.485. The molecule has 2 nitrogen and oxygen atoms in total. The van der Waals surface area contributed by atoms with E-state index in [4.69, 9.17) is 0 Å². The predicted molar refractivity (Wildman–Crippen MR) is 91.4 cm³/mol. The number of carbonyl (C=O) groups excluding carboxylic acids is 2. The predicted octanol–water partition coefficient (Wildman–Crippen LogP) is 5.06. The standard InChI is InChI=1S/C19H13BrO2/c20-19-15-9-5-4-6-13(15)10-11-16(19)18(22)12-17(21)14-7-2-1-3-8-14/h1-11H,12H2. The number of halogens is 1. The van der Waals surface area contributed by atoms with E-state index < -0.39 is 0 Å². The first kappa shape index (κ1) is 14.7. The zero-order chi connectivity index (χ0) is 15.5. The van der Waals surface area contributed by atoms with Crippen molar-refractivity contribution in [3.63, 3.8) is 0 Å². The lowest BCUT2D eigenvalue weighted by molar-refractivity contribution is 0.0894. The molecular formula is C19H13BrO2. The van der Waals surface area contributed by atoms with Crippen molar-refractivity contribution in [3.05, 3.63) is 82.3 Å². The molecule has 0 radical (unpaired) electrons. The monoisotopic (exact) mass is 352 g/mol. The highest BCUT2D eigenvalue weighted by Crippen LogP contribution is 2.28. The third-order valence-corrected chi connectivity index (χ3v) is 4.43. The summed E-state index contributed by atoms with van der Waals surface area (Å²) in [6.45, 7) is 0. The van der Waals surface area contributed by atoms with Crippen molar-refractivity contribution in [3.8, 4) is 0 Å². The summed E-state index contributed by atoms with van der Waals surface area (Å²) in [6.07, 6.45) is -0.124. The van der Waals surface area contributed by atoms with Crippen molar-refractivity contribution >= 4 is 38.3 Å². The Labute approximate surface area is 136 Å². The molecule has 0 aromatic heterocycles. The highest BCUT2D eigenvalue weighted by molar-refractivity contribution is 9.10. The van der Waals surface area contributed by atoms with E-state index in [0.717, 1.165) is 15.2 Å². The first-order chi connectivity index (χ1) is 10.7. The molecule has 0 N–H and O–H groups in total. The average Bonchev–Trinajstić information content (AvgIpc) is 2.56. The van der Waals surface area contributed by atoms with Gasteiger partial charge in [0.2, 0.25) is 0 Å². The van der Waals surface area contributed by atoms with E-state index in [-0.39, 0.29) is 18.0 Å². The van der Waals surface area contributed by atoms with E-state index in [1.807, 2.05) is 36.4 Å². The summed E-state index contributed by atoms with van der Waals surface area (Å²) in [6, 6.07) is 20.4. The van der Waals surface area contributed by atoms with Crippen LogP contribution < -0.4 is 0 Å². The summed E-state index contributed by atoms with van der Waals surface area (Å²) in [5.74, 6) is -0.336. The Morgan fingerprint density at radius 1 is 0.773 bits per heavy atom. The fourth-order valence-electron chi connectivity index (χ4n) is 2.42. The van der Waals surface area contributed by atoms with Gasteiger partial charge in [0.15, 0.2) is 11.6 Å². The first-order valence-corrected chi connectivity index (χ1v) is 7.75. The van der Waals surface area contributed by atoms with Gasteiger partial charge in [-0.3, -0.25) is 9.59 Å². The van der Waals surface area contributed by atoms with Gasteiger partial charge >= 0.3 is 0 Å². The fourth-order valence-corrected chi connectivity index (χ4v) is 3.13. The average molecular weight is 353 g/mol. The van der Waals surface area contributed by atoms with Crippen LogP contribution in [0.1, 0.15) is 27.1 Å². The van der Waals surface area contributed by atoms with Crippen LogP contribution in [0.3, 0.4) is 0 Å². The number of ketones is 2. The Kier molecular flexibility index (Phi) is 4.16. The molecule has 0 unspecified atom stereocenters. The Bertz CT molecular complexity index is 854. The minimum Gasteiger partial charge on any atom is -0.294 e. The topological polar surface area (TPSA) is 34.1 Å². The van der Waals surface area contributed by atoms with Crippen molar-refractivity contribution in [2.75, 3.05) is 0 Å². The summed E-state index contributed by atoms with van der Waals surface area (Å²) in [5, 5.41) is 2.03. The van der Waals surface area contributed by atoms with Crippen LogP contribution in [0.2, 0.25) is 0 Å². The zero-order valence-electron chi connectivity index (χ0n) is 11.8.